The number of halogens is 1. The van der Waals surface area contributed by atoms with Crippen molar-refractivity contribution in [3.8, 4) is 0 Å². The number of benzene rings is 2. The lowest BCUT2D eigenvalue weighted by Crippen LogP contribution is -2.39. The second kappa shape index (κ2) is 7.77. The Morgan fingerprint density at radius 2 is 1.91 bits per heavy atom. The van der Waals surface area contributed by atoms with Crippen LogP contribution < -0.4 is 5.32 Å². The summed E-state index contributed by atoms with van der Waals surface area (Å²) in [7, 11) is 1.75. The van der Waals surface area contributed by atoms with Gasteiger partial charge in [0.25, 0.3) is 0 Å². The molecule has 1 N–H and O–H groups in total. The summed E-state index contributed by atoms with van der Waals surface area (Å²) >= 11 is 0. The monoisotopic (exact) mass is 314 g/mol. The highest BCUT2D eigenvalue weighted by atomic mass is 19.1. The van der Waals surface area contributed by atoms with Crippen LogP contribution in [-0.4, -0.2) is 24.5 Å². The van der Waals surface area contributed by atoms with Crippen molar-refractivity contribution >= 4 is 6.03 Å². The van der Waals surface area contributed by atoms with Gasteiger partial charge >= 0.3 is 6.03 Å². The van der Waals surface area contributed by atoms with Crippen LogP contribution >= 0.6 is 0 Å². The summed E-state index contributed by atoms with van der Waals surface area (Å²) in [5.74, 6) is -0.272. The summed E-state index contributed by atoms with van der Waals surface area (Å²) in [6.07, 6.45) is 0.798. The fourth-order valence-corrected chi connectivity index (χ4v) is 2.45. The number of carbonyl (C=O) groups is 1. The molecule has 0 radical (unpaired) electrons. The van der Waals surface area contributed by atoms with Crippen LogP contribution in [0.4, 0.5) is 9.18 Å². The van der Waals surface area contributed by atoms with Crippen LogP contribution in [0.2, 0.25) is 0 Å². The number of urea groups is 1. The zero-order chi connectivity index (χ0) is 16.8. The predicted molar refractivity (Wildman–Crippen MR) is 90.9 cm³/mol. The van der Waals surface area contributed by atoms with Gasteiger partial charge in [-0.05, 0) is 43.5 Å². The Kier molecular flexibility index (Phi) is 5.74. The number of carbonyl (C=O) groups excluding carboxylic acids is 1. The molecule has 0 aliphatic carbocycles. The molecule has 1 atom stereocenters. The van der Waals surface area contributed by atoms with E-state index in [1.807, 2.05) is 13.0 Å². The average Bonchev–Trinajstić information content (AvgIpc) is 2.54. The van der Waals surface area contributed by atoms with Gasteiger partial charge in [0.2, 0.25) is 0 Å². The molecule has 2 rings (SSSR count). The average molecular weight is 314 g/mol. The topological polar surface area (TPSA) is 32.3 Å². The molecule has 2 aromatic rings. The molecule has 0 saturated carbocycles. The van der Waals surface area contributed by atoms with E-state index in [1.54, 1.807) is 24.1 Å². The Morgan fingerprint density at radius 3 is 2.57 bits per heavy atom. The molecule has 2 aromatic carbocycles. The summed E-state index contributed by atoms with van der Waals surface area (Å²) in [5.41, 5.74) is 3.33. The molecule has 23 heavy (non-hydrogen) atoms. The highest BCUT2D eigenvalue weighted by molar-refractivity contribution is 5.74. The Morgan fingerprint density at radius 1 is 1.22 bits per heavy atom. The standard InChI is InChI=1S/C19H23FN2O/c1-14-5-4-6-16(13-14)11-12-21-19(23)22(3)15(2)17-7-9-18(20)10-8-17/h4-10,13,15H,11-12H2,1-3H3,(H,21,23). The van der Waals surface area contributed by atoms with Gasteiger partial charge in [-0.3, -0.25) is 0 Å². The first-order valence-electron chi connectivity index (χ1n) is 7.79. The maximum atomic E-state index is 13.0. The highest BCUT2D eigenvalue weighted by Gasteiger charge is 2.16. The predicted octanol–water partition coefficient (Wildman–Crippen LogP) is 4.08. The summed E-state index contributed by atoms with van der Waals surface area (Å²) in [6, 6.07) is 14.2. The van der Waals surface area contributed by atoms with Gasteiger partial charge < -0.3 is 10.2 Å². The van der Waals surface area contributed by atoms with Gasteiger partial charge in [-0.15, -0.1) is 0 Å². The third-order valence-electron chi connectivity index (χ3n) is 4.03. The van der Waals surface area contributed by atoms with Crippen molar-refractivity contribution in [1.82, 2.24) is 10.2 Å². The minimum atomic E-state index is -0.272. The Hall–Kier alpha value is -2.36. The van der Waals surface area contributed by atoms with E-state index in [2.05, 4.69) is 30.4 Å². The molecule has 0 saturated heterocycles. The minimum Gasteiger partial charge on any atom is -0.338 e. The van der Waals surface area contributed by atoms with Gasteiger partial charge in [0.05, 0.1) is 6.04 Å². The van der Waals surface area contributed by atoms with Crippen LogP contribution in [0.3, 0.4) is 0 Å². The Bertz CT molecular complexity index is 655. The molecular weight excluding hydrogens is 291 g/mol. The van der Waals surface area contributed by atoms with E-state index >= 15 is 0 Å². The molecule has 0 spiro atoms. The quantitative estimate of drug-likeness (QED) is 0.886. The van der Waals surface area contributed by atoms with Crippen LogP contribution in [0, 0.1) is 12.7 Å². The lowest BCUT2D eigenvalue weighted by atomic mass is 10.1. The largest absolute Gasteiger partial charge is 0.338 e. The molecule has 0 heterocycles. The first-order valence-corrected chi connectivity index (χ1v) is 7.79. The van der Waals surface area contributed by atoms with Crippen LogP contribution in [0.5, 0.6) is 0 Å². The van der Waals surface area contributed by atoms with Crippen LogP contribution in [0.25, 0.3) is 0 Å². The van der Waals surface area contributed by atoms with Crippen molar-refractivity contribution in [2.24, 2.45) is 0 Å². The van der Waals surface area contributed by atoms with E-state index in [9.17, 15) is 9.18 Å². The van der Waals surface area contributed by atoms with Crippen LogP contribution in [0.15, 0.2) is 48.5 Å². The van der Waals surface area contributed by atoms with Crippen molar-refractivity contribution in [2.45, 2.75) is 26.3 Å². The Balaban J connectivity index is 1.86. The first kappa shape index (κ1) is 17.0. The summed E-state index contributed by atoms with van der Waals surface area (Å²) in [6.45, 7) is 4.57. The van der Waals surface area contributed by atoms with E-state index in [4.69, 9.17) is 0 Å². The number of amides is 2. The maximum absolute atomic E-state index is 13.0. The first-order chi connectivity index (χ1) is 11.0. The molecule has 0 fully saturated rings. The minimum absolute atomic E-state index is 0.116. The molecular formula is C19H23FN2O. The smallest absolute Gasteiger partial charge is 0.317 e. The third kappa shape index (κ3) is 4.81. The second-order valence-corrected chi connectivity index (χ2v) is 5.81. The number of hydrogen-bond acceptors (Lipinski definition) is 1. The molecule has 2 amide bonds. The molecule has 122 valence electrons. The van der Waals surface area contributed by atoms with Crippen molar-refractivity contribution < 1.29 is 9.18 Å². The van der Waals surface area contributed by atoms with E-state index < -0.39 is 0 Å². The number of hydrogen-bond donors (Lipinski definition) is 1. The SMILES string of the molecule is Cc1cccc(CCNC(=O)N(C)C(C)c2ccc(F)cc2)c1. The second-order valence-electron chi connectivity index (χ2n) is 5.81. The van der Waals surface area contributed by atoms with Gasteiger partial charge in [-0.1, -0.05) is 42.0 Å². The normalized spacial score (nSPS) is 11.8. The van der Waals surface area contributed by atoms with Crippen molar-refractivity contribution in [2.75, 3.05) is 13.6 Å². The summed E-state index contributed by atoms with van der Waals surface area (Å²) < 4.78 is 13.0. The molecule has 0 bridgehead atoms. The van der Waals surface area contributed by atoms with E-state index in [1.165, 1.54) is 23.3 Å². The van der Waals surface area contributed by atoms with Crippen LogP contribution in [0.1, 0.15) is 29.7 Å². The molecule has 4 heteroatoms. The van der Waals surface area contributed by atoms with Crippen molar-refractivity contribution in [1.29, 1.82) is 0 Å². The van der Waals surface area contributed by atoms with Gasteiger partial charge in [-0.25, -0.2) is 9.18 Å². The molecule has 0 aromatic heterocycles. The van der Waals surface area contributed by atoms with Crippen molar-refractivity contribution in [3.05, 3.63) is 71.0 Å². The molecule has 3 nitrogen and oxygen atoms in total. The zero-order valence-corrected chi connectivity index (χ0v) is 13.8. The fourth-order valence-electron chi connectivity index (χ4n) is 2.45. The van der Waals surface area contributed by atoms with Gasteiger partial charge in [-0.2, -0.15) is 0 Å². The number of nitrogens with zero attached hydrogens (tertiary/aromatic N) is 1. The highest BCUT2D eigenvalue weighted by Crippen LogP contribution is 2.18. The summed E-state index contributed by atoms with van der Waals surface area (Å²) in [5, 5.41) is 2.93. The fraction of sp³-hybridized carbons (Fsp3) is 0.316. The lowest BCUT2D eigenvalue weighted by Gasteiger charge is -2.25. The zero-order valence-electron chi connectivity index (χ0n) is 13.8. The number of nitrogens with one attached hydrogen (secondary N) is 1. The van der Waals surface area contributed by atoms with E-state index in [-0.39, 0.29) is 17.9 Å². The van der Waals surface area contributed by atoms with E-state index in [0.717, 1.165) is 12.0 Å². The lowest BCUT2D eigenvalue weighted by molar-refractivity contribution is 0.194. The molecule has 0 aliphatic heterocycles. The van der Waals surface area contributed by atoms with Gasteiger partial charge in [0, 0.05) is 13.6 Å². The maximum Gasteiger partial charge on any atom is 0.317 e. The Labute approximate surface area is 137 Å². The van der Waals surface area contributed by atoms with Crippen LogP contribution in [-0.2, 0) is 6.42 Å². The number of aryl methyl sites for hydroxylation is 1. The third-order valence-corrected chi connectivity index (χ3v) is 4.03. The van der Waals surface area contributed by atoms with Gasteiger partial charge in [0.1, 0.15) is 5.82 Å². The summed E-state index contributed by atoms with van der Waals surface area (Å²) in [4.78, 5) is 13.9. The molecule has 1 unspecified atom stereocenters. The molecule has 0 aliphatic rings. The van der Waals surface area contributed by atoms with Gasteiger partial charge in [0.15, 0.2) is 0 Å². The van der Waals surface area contributed by atoms with Crippen molar-refractivity contribution in [3.63, 3.8) is 0 Å². The van der Waals surface area contributed by atoms with E-state index in [0.29, 0.717) is 6.54 Å². The number of rotatable bonds is 5.